The van der Waals surface area contributed by atoms with Crippen molar-refractivity contribution in [2.45, 2.75) is 12.8 Å². The third-order valence-electron chi connectivity index (χ3n) is 5.40. The number of amides is 1. The Morgan fingerprint density at radius 2 is 1.75 bits per heavy atom. The molecule has 0 aliphatic carbocycles. The van der Waals surface area contributed by atoms with Gasteiger partial charge in [-0.15, -0.1) is 24.8 Å². The minimum absolute atomic E-state index is 0. The van der Waals surface area contributed by atoms with Crippen LogP contribution >= 0.6 is 24.8 Å². The summed E-state index contributed by atoms with van der Waals surface area (Å²) in [4.78, 5) is 19.6. The number of hydrogen-bond acceptors (Lipinski definition) is 3. The van der Waals surface area contributed by atoms with Crippen LogP contribution in [0.2, 0.25) is 0 Å². The Hall–Kier alpha value is -2.14. The molecule has 1 amide bonds. The fraction of sp³-hybridized carbons (Fsp3) is 0.273. The summed E-state index contributed by atoms with van der Waals surface area (Å²) in [5.41, 5.74) is 9.72. The average Bonchev–Trinajstić information content (AvgIpc) is 3.12. The van der Waals surface area contributed by atoms with Gasteiger partial charge in [0.15, 0.2) is 0 Å². The number of benzene rings is 2. The Balaban J connectivity index is 0.00000140. The second-order valence-corrected chi connectivity index (χ2v) is 7.06. The van der Waals surface area contributed by atoms with Crippen molar-refractivity contribution in [1.29, 1.82) is 0 Å². The van der Waals surface area contributed by atoms with Crippen molar-refractivity contribution < 1.29 is 4.79 Å². The maximum atomic E-state index is 13.1. The van der Waals surface area contributed by atoms with Gasteiger partial charge < -0.3 is 10.6 Å². The molecule has 0 bridgehead atoms. The van der Waals surface area contributed by atoms with E-state index in [2.05, 4.69) is 17.1 Å². The Labute approximate surface area is 178 Å². The molecule has 1 aliphatic heterocycles. The van der Waals surface area contributed by atoms with Gasteiger partial charge in [-0.2, -0.15) is 0 Å². The number of hydrogen-bond donors (Lipinski definition) is 1. The quantitative estimate of drug-likeness (QED) is 0.694. The smallest absolute Gasteiger partial charge is 0.272 e. The van der Waals surface area contributed by atoms with Crippen molar-refractivity contribution in [1.82, 2.24) is 9.88 Å². The molecule has 1 saturated heterocycles. The molecule has 28 heavy (non-hydrogen) atoms. The van der Waals surface area contributed by atoms with Gasteiger partial charge in [0.05, 0.1) is 5.52 Å². The van der Waals surface area contributed by atoms with Gasteiger partial charge in [0.25, 0.3) is 5.91 Å². The molecule has 2 atom stereocenters. The molecule has 1 aliphatic rings. The van der Waals surface area contributed by atoms with Gasteiger partial charge >= 0.3 is 0 Å². The maximum Gasteiger partial charge on any atom is 0.272 e. The highest BCUT2D eigenvalue weighted by atomic mass is 35.5. The zero-order chi connectivity index (χ0) is 18.1. The van der Waals surface area contributed by atoms with Crippen LogP contribution in [0, 0.1) is 12.8 Å². The third-order valence-corrected chi connectivity index (χ3v) is 5.40. The van der Waals surface area contributed by atoms with E-state index in [9.17, 15) is 4.79 Å². The summed E-state index contributed by atoms with van der Waals surface area (Å²) in [5.74, 6) is 0.561. The van der Waals surface area contributed by atoms with Crippen molar-refractivity contribution in [2.75, 3.05) is 19.6 Å². The molecule has 6 heteroatoms. The van der Waals surface area contributed by atoms with Gasteiger partial charge in [0.1, 0.15) is 5.69 Å². The standard InChI is InChI=1S/C22H23N3O.2ClH/c1-15-11-21(24-20-10-6-5-9-18(15)20)22(26)25-13-17(12-23)19(14-25)16-7-3-2-4-8-16;;/h2-11,17,19H,12-14,23H2,1H3;2*1H/t17-,19+;;/m1../s1. The number of nitrogens with zero attached hydrogens (tertiary/aromatic N) is 2. The molecule has 1 fully saturated rings. The third kappa shape index (κ3) is 4.14. The monoisotopic (exact) mass is 417 g/mol. The van der Waals surface area contributed by atoms with Crippen LogP contribution in [-0.4, -0.2) is 35.4 Å². The first kappa shape index (κ1) is 22.2. The van der Waals surface area contributed by atoms with E-state index >= 15 is 0 Å². The Morgan fingerprint density at radius 3 is 2.46 bits per heavy atom. The molecule has 0 radical (unpaired) electrons. The SMILES string of the molecule is Cc1cc(C(=O)N2C[C@@H](CN)[C@H](c3ccccc3)C2)nc2ccccc12.Cl.Cl. The minimum Gasteiger partial charge on any atom is -0.336 e. The first-order chi connectivity index (χ1) is 12.7. The number of rotatable bonds is 3. The molecule has 0 saturated carbocycles. The lowest BCUT2D eigenvalue weighted by Crippen LogP contribution is -2.30. The zero-order valence-electron chi connectivity index (χ0n) is 15.7. The number of aryl methyl sites for hydroxylation is 1. The molecule has 4 rings (SSSR count). The number of likely N-dealkylation sites (tertiary alicyclic amines) is 1. The fourth-order valence-corrected chi connectivity index (χ4v) is 3.97. The minimum atomic E-state index is -0.00395. The largest absolute Gasteiger partial charge is 0.336 e. The van der Waals surface area contributed by atoms with Crippen molar-refractivity contribution in [3.63, 3.8) is 0 Å². The number of aromatic nitrogens is 1. The Morgan fingerprint density at radius 1 is 1.07 bits per heavy atom. The molecule has 4 nitrogen and oxygen atoms in total. The molecule has 3 aromatic rings. The number of carbonyl (C=O) groups excluding carboxylic acids is 1. The highest BCUT2D eigenvalue weighted by Gasteiger charge is 2.36. The number of pyridine rings is 1. The van der Waals surface area contributed by atoms with E-state index in [0.717, 1.165) is 16.5 Å². The predicted octanol–water partition coefficient (Wildman–Crippen LogP) is 4.20. The summed E-state index contributed by atoms with van der Waals surface area (Å²) in [6.45, 7) is 3.98. The van der Waals surface area contributed by atoms with Crippen LogP contribution in [0.5, 0.6) is 0 Å². The topological polar surface area (TPSA) is 59.2 Å². The van der Waals surface area contributed by atoms with Crippen molar-refractivity contribution in [2.24, 2.45) is 11.7 Å². The van der Waals surface area contributed by atoms with Crippen LogP contribution in [-0.2, 0) is 0 Å². The maximum absolute atomic E-state index is 13.1. The van der Waals surface area contributed by atoms with Crippen LogP contribution in [0.4, 0.5) is 0 Å². The molecule has 1 aromatic heterocycles. The van der Waals surface area contributed by atoms with E-state index in [1.807, 2.05) is 60.4 Å². The van der Waals surface area contributed by atoms with Gasteiger partial charge in [0, 0.05) is 24.4 Å². The Kier molecular flexibility index (Phi) is 7.41. The fourth-order valence-electron chi connectivity index (χ4n) is 3.97. The van der Waals surface area contributed by atoms with E-state index in [4.69, 9.17) is 5.73 Å². The van der Waals surface area contributed by atoms with E-state index in [1.54, 1.807) is 0 Å². The number of para-hydroxylation sites is 1. The van der Waals surface area contributed by atoms with Gasteiger partial charge in [-0.05, 0) is 42.6 Å². The summed E-state index contributed by atoms with van der Waals surface area (Å²) in [7, 11) is 0. The van der Waals surface area contributed by atoms with Gasteiger partial charge in [-0.1, -0.05) is 48.5 Å². The summed E-state index contributed by atoms with van der Waals surface area (Å²) in [6, 6.07) is 20.2. The van der Waals surface area contributed by atoms with E-state index in [-0.39, 0.29) is 42.6 Å². The molecule has 0 spiro atoms. The average molecular weight is 418 g/mol. The second kappa shape index (κ2) is 9.37. The second-order valence-electron chi connectivity index (χ2n) is 7.06. The highest BCUT2D eigenvalue weighted by Crippen LogP contribution is 2.33. The lowest BCUT2D eigenvalue weighted by atomic mass is 9.89. The zero-order valence-corrected chi connectivity index (χ0v) is 17.4. The molecule has 2 aromatic carbocycles. The van der Waals surface area contributed by atoms with Crippen molar-refractivity contribution >= 4 is 41.6 Å². The molecule has 148 valence electrons. The normalized spacial score (nSPS) is 18.4. The number of fused-ring (bicyclic) bond motifs is 1. The summed E-state index contributed by atoms with van der Waals surface area (Å²) >= 11 is 0. The van der Waals surface area contributed by atoms with E-state index < -0.39 is 0 Å². The van der Waals surface area contributed by atoms with Crippen molar-refractivity contribution in [3.8, 4) is 0 Å². The molecule has 2 N–H and O–H groups in total. The van der Waals surface area contributed by atoms with Crippen molar-refractivity contribution in [3.05, 3.63) is 77.5 Å². The Bertz CT molecular complexity index is 949. The molecule has 0 unspecified atom stereocenters. The summed E-state index contributed by atoms with van der Waals surface area (Å²) < 4.78 is 0. The summed E-state index contributed by atoms with van der Waals surface area (Å²) in [5, 5.41) is 1.09. The van der Waals surface area contributed by atoms with Crippen LogP contribution in [0.25, 0.3) is 10.9 Å². The molecular formula is C22H25Cl2N3O. The van der Waals surface area contributed by atoms with Crippen LogP contribution in [0.3, 0.4) is 0 Å². The van der Waals surface area contributed by atoms with Gasteiger partial charge in [-0.3, -0.25) is 4.79 Å². The number of halogens is 2. The highest BCUT2D eigenvalue weighted by molar-refractivity contribution is 5.96. The number of nitrogens with two attached hydrogens (primary N) is 1. The first-order valence-electron chi connectivity index (χ1n) is 9.08. The predicted molar refractivity (Wildman–Crippen MR) is 119 cm³/mol. The van der Waals surface area contributed by atoms with Gasteiger partial charge in [-0.25, -0.2) is 4.98 Å². The number of carbonyl (C=O) groups is 1. The van der Waals surface area contributed by atoms with Crippen LogP contribution in [0.15, 0.2) is 60.7 Å². The molecular weight excluding hydrogens is 393 g/mol. The summed E-state index contributed by atoms with van der Waals surface area (Å²) in [6.07, 6.45) is 0. The van der Waals surface area contributed by atoms with E-state index in [1.165, 1.54) is 5.56 Å². The van der Waals surface area contributed by atoms with Crippen LogP contribution in [0.1, 0.15) is 27.5 Å². The molecule has 2 heterocycles. The van der Waals surface area contributed by atoms with Crippen LogP contribution < -0.4 is 5.73 Å². The van der Waals surface area contributed by atoms with Gasteiger partial charge in [0.2, 0.25) is 0 Å². The van der Waals surface area contributed by atoms with E-state index in [0.29, 0.717) is 25.3 Å². The lowest BCUT2D eigenvalue weighted by molar-refractivity contribution is 0.0781. The first-order valence-corrected chi connectivity index (χ1v) is 9.08. The lowest BCUT2D eigenvalue weighted by Gasteiger charge is -2.17.